The third kappa shape index (κ3) is 2.02. The van der Waals surface area contributed by atoms with Gasteiger partial charge in [-0.2, -0.15) is 0 Å². The first kappa shape index (κ1) is 9.00. The summed E-state index contributed by atoms with van der Waals surface area (Å²) in [5, 5.41) is 0. The van der Waals surface area contributed by atoms with E-state index in [1.165, 1.54) is 0 Å². The van der Waals surface area contributed by atoms with Gasteiger partial charge in [-0.1, -0.05) is 0 Å². The van der Waals surface area contributed by atoms with Crippen molar-refractivity contribution in [3.8, 4) is 0 Å². The van der Waals surface area contributed by atoms with Crippen LogP contribution in [-0.4, -0.2) is 37.1 Å². The maximum atomic E-state index is 11.7. The highest BCUT2D eigenvalue weighted by Crippen LogP contribution is 2.31. The van der Waals surface area contributed by atoms with Crippen molar-refractivity contribution in [3.63, 3.8) is 0 Å². The summed E-state index contributed by atoms with van der Waals surface area (Å²) in [6, 6.07) is 0.432. The topological polar surface area (TPSA) is 29.5 Å². The predicted octanol–water partition coefficient (Wildman–Crippen LogP) is 1.03. The molecule has 0 atom stereocenters. The van der Waals surface area contributed by atoms with Gasteiger partial charge in [0.2, 0.25) is 5.91 Å². The third-order valence-corrected chi connectivity index (χ3v) is 3.01. The van der Waals surface area contributed by atoms with E-state index in [1.54, 1.807) is 0 Å². The van der Waals surface area contributed by atoms with E-state index < -0.39 is 0 Å². The van der Waals surface area contributed by atoms with Crippen LogP contribution in [0.2, 0.25) is 0 Å². The van der Waals surface area contributed by atoms with E-state index in [0.29, 0.717) is 17.9 Å². The van der Waals surface area contributed by atoms with Crippen molar-refractivity contribution >= 4 is 5.91 Å². The maximum Gasteiger partial charge on any atom is 0.225 e. The Morgan fingerprint density at radius 1 is 1.23 bits per heavy atom. The Balaban J connectivity index is 1.86. The van der Waals surface area contributed by atoms with Gasteiger partial charge >= 0.3 is 0 Å². The first-order valence-electron chi connectivity index (χ1n) is 5.13. The lowest BCUT2D eigenvalue weighted by Gasteiger charge is -2.31. The molecule has 0 bridgehead atoms. The van der Waals surface area contributed by atoms with Crippen LogP contribution in [0, 0.1) is 5.92 Å². The van der Waals surface area contributed by atoms with E-state index in [0.717, 1.165) is 38.9 Å². The van der Waals surface area contributed by atoms with Crippen LogP contribution in [0.25, 0.3) is 0 Å². The summed E-state index contributed by atoms with van der Waals surface area (Å²) in [4.78, 5) is 13.6. The quantitative estimate of drug-likeness (QED) is 0.640. The normalized spacial score (nSPS) is 24.4. The van der Waals surface area contributed by atoms with Gasteiger partial charge in [0, 0.05) is 32.2 Å². The molecule has 3 nitrogen and oxygen atoms in total. The van der Waals surface area contributed by atoms with E-state index in [2.05, 4.69) is 0 Å². The molecule has 0 spiro atoms. The first-order chi connectivity index (χ1) is 6.29. The molecular weight excluding hydrogens is 166 g/mol. The molecule has 0 aromatic rings. The number of hydrogen-bond acceptors (Lipinski definition) is 2. The second-order valence-electron chi connectivity index (χ2n) is 4.07. The lowest BCUT2D eigenvalue weighted by Crippen LogP contribution is -2.41. The summed E-state index contributed by atoms with van der Waals surface area (Å²) >= 11 is 0. The average Bonchev–Trinajstić information content (AvgIpc) is 3.00. The Morgan fingerprint density at radius 2 is 1.85 bits per heavy atom. The van der Waals surface area contributed by atoms with Crippen molar-refractivity contribution in [2.45, 2.75) is 31.7 Å². The molecule has 74 valence electrons. The van der Waals surface area contributed by atoms with Gasteiger partial charge in [-0.15, -0.1) is 0 Å². The standard InChI is InChI=1S/C10H17NO2/c1-11(10(12)8-2-3-8)9-4-6-13-7-5-9/h8-9H,2-7H2,1H3. The Bertz CT molecular complexity index is 195. The molecule has 1 aliphatic heterocycles. The SMILES string of the molecule is CN(C(=O)C1CC1)C1CCOCC1. The number of ether oxygens (including phenoxy) is 1. The molecule has 0 aromatic heterocycles. The molecule has 0 unspecified atom stereocenters. The van der Waals surface area contributed by atoms with E-state index in [1.807, 2.05) is 11.9 Å². The molecule has 1 amide bonds. The second kappa shape index (κ2) is 3.66. The van der Waals surface area contributed by atoms with E-state index in [-0.39, 0.29) is 0 Å². The molecule has 3 heteroatoms. The van der Waals surface area contributed by atoms with Crippen LogP contribution in [0.1, 0.15) is 25.7 Å². The lowest BCUT2D eigenvalue weighted by molar-refractivity contribution is -0.134. The van der Waals surface area contributed by atoms with Crippen molar-refractivity contribution in [1.82, 2.24) is 4.90 Å². The molecule has 13 heavy (non-hydrogen) atoms. The Kier molecular flexibility index (Phi) is 2.54. The minimum atomic E-state index is 0.354. The molecule has 1 saturated carbocycles. The fourth-order valence-corrected chi connectivity index (χ4v) is 1.87. The molecule has 2 fully saturated rings. The largest absolute Gasteiger partial charge is 0.381 e. The van der Waals surface area contributed by atoms with Crippen LogP contribution in [0.5, 0.6) is 0 Å². The van der Waals surface area contributed by atoms with E-state index in [9.17, 15) is 4.79 Å². The number of carbonyl (C=O) groups excluding carboxylic acids is 1. The second-order valence-corrected chi connectivity index (χ2v) is 4.07. The van der Waals surface area contributed by atoms with Crippen molar-refractivity contribution < 1.29 is 9.53 Å². The van der Waals surface area contributed by atoms with Crippen LogP contribution in [-0.2, 0) is 9.53 Å². The molecular formula is C10H17NO2. The molecule has 2 aliphatic rings. The van der Waals surface area contributed by atoms with Gasteiger partial charge < -0.3 is 9.64 Å². The minimum absolute atomic E-state index is 0.354. The zero-order valence-electron chi connectivity index (χ0n) is 8.16. The van der Waals surface area contributed by atoms with Crippen molar-refractivity contribution in [3.05, 3.63) is 0 Å². The molecule has 2 rings (SSSR count). The maximum absolute atomic E-state index is 11.7. The van der Waals surface area contributed by atoms with Crippen LogP contribution >= 0.6 is 0 Å². The van der Waals surface area contributed by atoms with Gasteiger partial charge in [0.05, 0.1) is 0 Å². The number of hydrogen-bond donors (Lipinski definition) is 0. The summed E-state index contributed by atoms with van der Waals surface area (Å²) in [7, 11) is 1.94. The van der Waals surface area contributed by atoms with Gasteiger partial charge in [-0.25, -0.2) is 0 Å². The predicted molar refractivity (Wildman–Crippen MR) is 49.3 cm³/mol. The van der Waals surface area contributed by atoms with E-state index in [4.69, 9.17) is 4.74 Å². The summed E-state index contributed by atoms with van der Waals surface area (Å²) in [5.74, 6) is 0.708. The Labute approximate surface area is 79.0 Å². The molecule has 1 saturated heterocycles. The molecule has 1 heterocycles. The van der Waals surface area contributed by atoms with Crippen LogP contribution in [0.3, 0.4) is 0 Å². The fraction of sp³-hybridized carbons (Fsp3) is 0.900. The Morgan fingerprint density at radius 3 is 2.38 bits per heavy atom. The van der Waals surface area contributed by atoms with Gasteiger partial charge in [-0.05, 0) is 25.7 Å². The fourth-order valence-electron chi connectivity index (χ4n) is 1.87. The molecule has 1 aliphatic carbocycles. The molecule has 0 aromatic carbocycles. The molecule has 0 radical (unpaired) electrons. The summed E-state index contributed by atoms with van der Waals surface area (Å²) in [6.07, 6.45) is 4.22. The average molecular weight is 183 g/mol. The monoisotopic (exact) mass is 183 g/mol. The zero-order chi connectivity index (χ0) is 9.26. The van der Waals surface area contributed by atoms with Gasteiger partial charge in [-0.3, -0.25) is 4.79 Å². The minimum Gasteiger partial charge on any atom is -0.381 e. The van der Waals surface area contributed by atoms with Gasteiger partial charge in [0.25, 0.3) is 0 Å². The van der Waals surface area contributed by atoms with Crippen LogP contribution < -0.4 is 0 Å². The zero-order valence-corrected chi connectivity index (χ0v) is 8.16. The van der Waals surface area contributed by atoms with Gasteiger partial charge in [0.15, 0.2) is 0 Å². The summed E-state index contributed by atoms with van der Waals surface area (Å²) in [5.41, 5.74) is 0. The number of carbonyl (C=O) groups is 1. The third-order valence-electron chi connectivity index (χ3n) is 3.01. The summed E-state index contributed by atoms with van der Waals surface area (Å²) < 4.78 is 5.27. The smallest absolute Gasteiger partial charge is 0.225 e. The number of amides is 1. The Hall–Kier alpha value is -0.570. The first-order valence-corrected chi connectivity index (χ1v) is 5.13. The highest BCUT2D eigenvalue weighted by atomic mass is 16.5. The number of rotatable bonds is 2. The van der Waals surface area contributed by atoms with Crippen molar-refractivity contribution in [2.75, 3.05) is 20.3 Å². The van der Waals surface area contributed by atoms with Crippen LogP contribution in [0.15, 0.2) is 0 Å². The van der Waals surface area contributed by atoms with Crippen LogP contribution in [0.4, 0.5) is 0 Å². The lowest BCUT2D eigenvalue weighted by atomic mass is 10.1. The summed E-state index contributed by atoms with van der Waals surface area (Å²) in [6.45, 7) is 1.62. The molecule has 0 N–H and O–H groups in total. The number of nitrogens with zero attached hydrogens (tertiary/aromatic N) is 1. The highest BCUT2D eigenvalue weighted by Gasteiger charge is 2.34. The van der Waals surface area contributed by atoms with Crippen molar-refractivity contribution in [2.24, 2.45) is 5.92 Å². The van der Waals surface area contributed by atoms with Gasteiger partial charge in [0.1, 0.15) is 0 Å². The van der Waals surface area contributed by atoms with E-state index >= 15 is 0 Å². The van der Waals surface area contributed by atoms with Crippen molar-refractivity contribution in [1.29, 1.82) is 0 Å². The highest BCUT2D eigenvalue weighted by molar-refractivity contribution is 5.81.